The molecule has 0 amide bonds. The van der Waals surface area contributed by atoms with Gasteiger partial charge in [0, 0.05) is 12.8 Å². The van der Waals surface area contributed by atoms with Gasteiger partial charge in [0.2, 0.25) is 0 Å². The van der Waals surface area contributed by atoms with Crippen molar-refractivity contribution in [1.82, 2.24) is 0 Å². The van der Waals surface area contributed by atoms with Crippen molar-refractivity contribution in [2.45, 2.75) is 187 Å². The van der Waals surface area contributed by atoms with Crippen LogP contribution in [0.1, 0.15) is 175 Å². The summed E-state index contributed by atoms with van der Waals surface area (Å²) in [5, 5.41) is 20.0. The summed E-state index contributed by atoms with van der Waals surface area (Å²) in [7, 11) is 0. The fourth-order valence-electron chi connectivity index (χ4n) is 5.28. The van der Waals surface area contributed by atoms with Crippen molar-refractivity contribution in [2.75, 3.05) is 13.2 Å². The highest BCUT2D eigenvalue weighted by Crippen LogP contribution is 2.15. The minimum atomic E-state index is -0.994. The van der Waals surface area contributed by atoms with E-state index in [0.29, 0.717) is 12.8 Å². The van der Waals surface area contributed by atoms with Gasteiger partial charge in [0.15, 0.2) is 0 Å². The van der Waals surface area contributed by atoms with Crippen molar-refractivity contribution in [3.05, 3.63) is 36.5 Å². The monoisotopic (exact) mass is 649 g/mol. The summed E-state index contributed by atoms with van der Waals surface area (Å²) in [5.74, 6) is 0.204. The van der Waals surface area contributed by atoms with Crippen molar-refractivity contribution in [3.8, 4) is 0 Å². The molecular formula is C40H72O6. The number of aliphatic hydroxyl groups excluding tert-OH is 2. The van der Waals surface area contributed by atoms with Crippen LogP contribution in [0.25, 0.3) is 0 Å². The van der Waals surface area contributed by atoms with Gasteiger partial charge in [-0.15, -0.1) is 0 Å². The molecule has 2 N–H and O–H groups in total. The van der Waals surface area contributed by atoms with E-state index in [1.807, 2.05) is 18.2 Å². The van der Waals surface area contributed by atoms with Gasteiger partial charge in [0.05, 0.1) is 6.10 Å². The van der Waals surface area contributed by atoms with E-state index in [0.717, 1.165) is 76.5 Å². The number of hydrogen-bond donors (Lipinski definition) is 2. The molecule has 0 radical (unpaired) electrons. The Hall–Kier alpha value is -1.92. The van der Waals surface area contributed by atoms with Crippen LogP contribution < -0.4 is 0 Å². The first-order valence-corrected chi connectivity index (χ1v) is 19.0. The second-order valence-electron chi connectivity index (χ2n) is 13.4. The number of rotatable bonds is 33. The molecule has 0 aliphatic rings. The largest absolute Gasteiger partial charge is 0.463 e. The average Bonchev–Trinajstić information content (AvgIpc) is 3.03. The number of aliphatic hydroxyl groups is 2. The molecule has 2 atom stereocenters. The topological polar surface area (TPSA) is 93.1 Å². The zero-order chi connectivity index (χ0) is 33.9. The first-order chi connectivity index (χ1) is 22.3. The summed E-state index contributed by atoms with van der Waals surface area (Å²) in [5.41, 5.74) is 0. The molecule has 268 valence electrons. The van der Waals surface area contributed by atoms with Gasteiger partial charge in [-0.25, -0.2) is 0 Å². The normalized spacial score (nSPS) is 13.3. The third-order valence-corrected chi connectivity index (χ3v) is 8.17. The highest BCUT2D eigenvalue weighted by Gasteiger charge is 2.12. The maximum absolute atomic E-state index is 12.0. The van der Waals surface area contributed by atoms with Crippen molar-refractivity contribution in [1.29, 1.82) is 0 Å². The number of ether oxygens (including phenoxy) is 2. The predicted molar refractivity (Wildman–Crippen MR) is 193 cm³/mol. The summed E-state index contributed by atoms with van der Waals surface area (Å²) < 4.78 is 10.3. The molecule has 1 unspecified atom stereocenters. The SMILES string of the molecule is CC/C=C/C/C=C/C=C/C(O)CCCCCCCC(=O)OC[C@H](O)COC(=O)CCCCCCCCCCCCCCCC(C)C. The highest BCUT2D eigenvalue weighted by atomic mass is 16.6. The molecule has 0 aliphatic heterocycles. The molecule has 0 bridgehead atoms. The summed E-state index contributed by atoms with van der Waals surface area (Å²) in [4.78, 5) is 23.9. The van der Waals surface area contributed by atoms with Gasteiger partial charge < -0.3 is 19.7 Å². The van der Waals surface area contributed by atoms with E-state index in [9.17, 15) is 19.8 Å². The van der Waals surface area contributed by atoms with Crippen molar-refractivity contribution in [3.63, 3.8) is 0 Å². The zero-order valence-corrected chi connectivity index (χ0v) is 30.1. The molecule has 46 heavy (non-hydrogen) atoms. The number of esters is 2. The first kappa shape index (κ1) is 44.1. The fourth-order valence-corrected chi connectivity index (χ4v) is 5.28. The van der Waals surface area contributed by atoms with Crippen LogP contribution in [0.5, 0.6) is 0 Å². The third-order valence-electron chi connectivity index (χ3n) is 8.17. The number of unbranched alkanes of at least 4 members (excludes halogenated alkanes) is 16. The second-order valence-corrected chi connectivity index (χ2v) is 13.4. The number of hydrogen-bond acceptors (Lipinski definition) is 6. The first-order valence-electron chi connectivity index (χ1n) is 19.0. The molecular weight excluding hydrogens is 576 g/mol. The van der Waals surface area contributed by atoms with E-state index in [-0.39, 0.29) is 25.2 Å². The number of allylic oxidation sites excluding steroid dienone is 5. The quantitative estimate of drug-likeness (QED) is 0.0318. The summed E-state index contributed by atoms with van der Waals surface area (Å²) >= 11 is 0. The Morgan fingerprint density at radius 1 is 0.565 bits per heavy atom. The van der Waals surface area contributed by atoms with Crippen LogP contribution in [-0.2, 0) is 19.1 Å². The zero-order valence-electron chi connectivity index (χ0n) is 30.1. The van der Waals surface area contributed by atoms with E-state index >= 15 is 0 Å². The van der Waals surface area contributed by atoms with Gasteiger partial charge in [-0.1, -0.05) is 166 Å². The Balaban J connectivity index is 3.51. The number of carbonyl (C=O) groups is 2. The van der Waals surface area contributed by atoms with Gasteiger partial charge in [-0.3, -0.25) is 9.59 Å². The maximum Gasteiger partial charge on any atom is 0.305 e. The standard InChI is InChI=1S/C40H72O6/c1-4-5-6-7-15-20-25-30-37(41)31-26-21-18-23-28-33-40(44)46-35-38(42)34-45-39(43)32-27-22-17-14-12-10-8-9-11-13-16-19-24-29-36(2)3/h5-6,15,20,25,30,36-38,41-42H,4,7-14,16-19,21-24,26-29,31-35H2,1-3H3/b6-5+,20-15+,30-25+/t37?,38-/m1/s1. The van der Waals surface area contributed by atoms with Gasteiger partial charge in [-0.05, 0) is 38.0 Å². The van der Waals surface area contributed by atoms with Gasteiger partial charge in [-0.2, -0.15) is 0 Å². The number of carbonyl (C=O) groups excluding carboxylic acids is 2. The molecule has 0 rings (SSSR count). The lowest BCUT2D eigenvalue weighted by atomic mass is 10.0. The van der Waals surface area contributed by atoms with Crippen molar-refractivity contribution < 1.29 is 29.3 Å². The smallest absolute Gasteiger partial charge is 0.305 e. The molecule has 0 fully saturated rings. The molecule has 6 heteroatoms. The predicted octanol–water partition coefficient (Wildman–Crippen LogP) is 10.5. The fraction of sp³-hybridized carbons (Fsp3) is 0.800. The minimum absolute atomic E-state index is 0.141. The van der Waals surface area contributed by atoms with Crippen LogP contribution in [0, 0.1) is 5.92 Å². The van der Waals surface area contributed by atoms with Crippen molar-refractivity contribution in [2.24, 2.45) is 5.92 Å². The van der Waals surface area contributed by atoms with Gasteiger partial charge >= 0.3 is 11.9 Å². The molecule has 0 aromatic heterocycles. The average molecular weight is 649 g/mol. The molecule has 0 heterocycles. The van der Waals surface area contributed by atoms with E-state index in [4.69, 9.17) is 9.47 Å². The van der Waals surface area contributed by atoms with Crippen LogP contribution in [-0.4, -0.2) is 47.6 Å². The van der Waals surface area contributed by atoms with Gasteiger partial charge in [0.25, 0.3) is 0 Å². The second kappa shape index (κ2) is 34.4. The Bertz CT molecular complexity index is 772. The molecule has 6 nitrogen and oxygen atoms in total. The van der Waals surface area contributed by atoms with Crippen LogP contribution >= 0.6 is 0 Å². The molecule has 0 saturated carbocycles. The van der Waals surface area contributed by atoms with Crippen molar-refractivity contribution >= 4 is 11.9 Å². The van der Waals surface area contributed by atoms with Gasteiger partial charge in [0.1, 0.15) is 19.3 Å². The minimum Gasteiger partial charge on any atom is -0.463 e. The van der Waals surface area contributed by atoms with E-state index in [1.54, 1.807) is 0 Å². The highest BCUT2D eigenvalue weighted by molar-refractivity contribution is 5.69. The maximum atomic E-state index is 12.0. The van der Waals surface area contributed by atoms with E-state index in [1.165, 1.54) is 70.6 Å². The Morgan fingerprint density at radius 3 is 1.46 bits per heavy atom. The van der Waals surface area contributed by atoms with E-state index < -0.39 is 12.2 Å². The summed E-state index contributed by atoms with van der Waals surface area (Å²) in [6, 6.07) is 0. The van der Waals surface area contributed by atoms with Crippen LogP contribution in [0.3, 0.4) is 0 Å². The lowest BCUT2D eigenvalue weighted by Gasteiger charge is -2.12. The van der Waals surface area contributed by atoms with Crippen LogP contribution in [0.2, 0.25) is 0 Å². The molecule has 0 spiro atoms. The molecule has 0 aromatic carbocycles. The Morgan fingerprint density at radius 2 is 1.00 bits per heavy atom. The lowest BCUT2D eigenvalue weighted by Crippen LogP contribution is -2.25. The lowest BCUT2D eigenvalue weighted by molar-refractivity contribution is -0.152. The third kappa shape index (κ3) is 34.9. The summed E-state index contributed by atoms with van der Waals surface area (Å²) in [6.07, 6.45) is 36.5. The molecule has 0 aliphatic carbocycles. The Labute approximate surface area is 283 Å². The Kier molecular flexibility index (Phi) is 33.0. The molecule has 0 saturated heterocycles. The van der Waals surface area contributed by atoms with E-state index in [2.05, 4.69) is 39.0 Å². The van der Waals surface area contributed by atoms with Crippen LogP contribution in [0.4, 0.5) is 0 Å². The molecule has 0 aromatic rings. The summed E-state index contributed by atoms with van der Waals surface area (Å²) in [6.45, 7) is 6.43. The van der Waals surface area contributed by atoms with Crippen LogP contribution in [0.15, 0.2) is 36.5 Å².